The molecular weight excluding hydrogens is 249 g/mol. The Balaban J connectivity index is 2.88. The minimum atomic E-state index is -0.290. The van der Waals surface area contributed by atoms with Gasteiger partial charge in [0.15, 0.2) is 0 Å². The Morgan fingerprint density at radius 1 is 1.57 bits per heavy atom. The van der Waals surface area contributed by atoms with Gasteiger partial charge in [-0.3, -0.25) is 0 Å². The second-order valence-electron chi connectivity index (χ2n) is 2.97. The van der Waals surface area contributed by atoms with Crippen LogP contribution in [0, 0.1) is 5.82 Å². The maximum Gasteiger partial charge on any atom is 0.137 e. The van der Waals surface area contributed by atoms with Gasteiger partial charge in [0.05, 0.1) is 17.1 Å². The molecule has 1 aromatic carbocycles. The summed E-state index contributed by atoms with van der Waals surface area (Å²) in [6, 6.07) is 4.61. The summed E-state index contributed by atoms with van der Waals surface area (Å²) in [5, 5.41) is 12.2. The van der Waals surface area contributed by atoms with E-state index >= 15 is 0 Å². The number of likely N-dealkylation sites (N-methyl/N-ethyl adjacent to an activating group) is 1. The summed E-state index contributed by atoms with van der Waals surface area (Å²) in [5.41, 5.74) is 0.877. The van der Waals surface area contributed by atoms with Gasteiger partial charge in [-0.25, -0.2) is 4.39 Å². The lowest BCUT2D eigenvalue weighted by Crippen LogP contribution is -2.23. The third-order valence-corrected chi connectivity index (χ3v) is 2.59. The van der Waals surface area contributed by atoms with Crippen LogP contribution in [0.4, 0.5) is 4.39 Å². The van der Waals surface area contributed by atoms with E-state index in [1.165, 1.54) is 6.07 Å². The van der Waals surface area contributed by atoms with Crippen LogP contribution in [0.15, 0.2) is 22.7 Å². The summed E-state index contributed by atoms with van der Waals surface area (Å²) in [6.07, 6.45) is 0. The van der Waals surface area contributed by atoms with Gasteiger partial charge in [-0.1, -0.05) is 13.0 Å². The van der Waals surface area contributed by atoms with Crippen molar-refractivity contribution in [1.29, 1.82) is 0 Å². The molecule has 1 atom stereocenters. The molecule has 1 rings (SSSR count). The summed E-state index contributed by atoms with van der Waals surface area (Å²) in [6.45, 7) is 2.73. The SMILES string of the molecule is CCNC(CO)c1ccc(F)c(Br)c1. The average molecular weight is 262 g/mol. The highest BCUT2D eigenvalue weighted by Crippen LogP contribution is 2.21. The number of benzene rings is 1. The molecule has 1 aromatic rings. The number of aliphatic hydroxyl groups excluding tert-OH is 1. The van der Waals surface area contributed by atoms with Crippen molar-refractivity contribution in [2.45, 2.75) is 13.0 Å². The third kappa shape index (κ3) is 2.77. The van der Waals surface area contributed by atoms with Crippen molar-refractivity contribution in [2.75, 3.05) is 13.2 Å². The van der Waals surface area contributed by atoms with E-state index in [9.17, 15) is 4.39 Å². The molecule has 4 heteroatoms. The van der Waals surface area contributed by atoms with Gasteiger partial charge in [0.1, 0.15) is 5.82 Å². The average Bonchev–Trinajstić information content (AvgIpc) is 2.19. The highest BCUT2D eigenvalue weighted by molar-refractivity contribution is 9.10. The first-order valence-corrected chi connectivity index (χ1v) is 5.27. The Hall–Kier alpha value is -0.450. The predicted molar refractivity (Wildman–Crippen MR) is 57.6 cm³/mol. The molecule has 0 spiro atoms. The molecule has 78 valence electrons. The normalized spacial score (nSPS) is 12.9. The number of halogens is 2. The second-order valence-corrected chi connectivity index (χ2v) is 3.82. The highest BCUT2D eigenvalue weighted by Gasteiger charge is 2.10. The highest BCUT2D eigenvalue weighted by atomic mass is 79.9. The molecule has 0 radical (unpaired) electrons. The minimum Gasteiger partial charge on any atom is -0.394 e. The molecule has 0 amide bonds. The summed E-state index contributed by atoms with van der Waals surface area (Å²) in [7, 11) is 0. The Morgan fingerprint density at radius 2 is 2.29 bits per heavy atom. The van der Waals surface area contributed by atoms with E-state index in [0.29, 0.717) is 4.47 Å². The molecule has 2 nitrogen and oxygen atoms in total. The number of hydrogen-bond acceptors (Lipinski definition) is 2. The Kier molecular flexibility index (Phi) is 4.51. The molecule has 1 unspecified atom stereocenters. The lowest BCUT2D eigenvalue weighted by Gasteiger charge is -2.15. The first-order chi connectivity index (χ1) is 6.69. The summed E-state index contributed by atoms with van der Waals surface area (Å²) >= 11 is 3.11. The molecule has 14 heavy (non-hydrogen) atoms. The number of aliphatic hydroxyl groups is 1. The maximum absolute atomic E-state index is 12.9. The Morgan fingerprint density at radius 3 is 2.79 bits per heavy atom. The topological polar surface area (TPSA) is 32.3 Å². The zero-order chi connectivity index (χ0) is 10.6. The maximum atomic E-state index is 12.9. The third-order valence-electron chi connectivity index (χ3n) is 1.98. The Labute approximate surface area is 91.3 Å². The second kappa shape index (κ2) is 5.44. The van der Waals surface area contributed by atoms with Gasteiger partial charge in [-0.2, -0.15) is 0 Å². The standard InChI is InChI=1S/C10H13BrFNO/c1-2-13-10(6-14)7-3-4-9(12)8(11)5-7/h3-5,10,13-14H,2,6H2,1H3. The fourth-order valence-electron chi connectivity index (χ4n) is 1.26. The van der Waals surface area contributed by atoms with Crippen LogP contribution < -0.4 is 5.32 Å². The minimum absolute atomic E-state index is 0.00587. The largest absolute Gasteiger partial charge is 0.394 e. The van der Waals surface area contributed by atoms with Crippen LogP contribution in [0.5, 0.6) is 0 Å². The van der Waals surface area contributed by atoms with Crippen LogP contribution >= 0.6 is 15.9 Å². The van der Waals surface area contributed by atoms with Crippen LogP contribution in [-0.4, -0.2) is 18.3 Å². The summed E-state index contributed by atoms with van der Waals surface area (Å²) in [4.78, 5) is 0. The molecule has 0 fully saturated rings. The van der Waals surface area contributed by atoms with Crippen LogP contribution in [0.2, 0.25) is 0 Å². The van der Waals surface area contributed by atoms with Gasteiger partial charge < -0.3 is 10.4 Å². The molecule has 0 aliphatic carbocycles. The predicted octanol–water partition coefficient (Wildman–Crippen LogP) is 2.23. The first kappa shape index (κ1) is 11.6. The van der Waals surface area contributed by atoms with Gasteiger partial charge >= 0.3 is 0 Å². The van der Waals surface area contributed by atoms with Gasteiger partial charge in [-0.15, -0.1) is 0 Å². The smallest absolute Gasteiger partial charge is 0.137 e. The van der Waals surface area contributed by atoms with Crippen LogP contribution in [0.25, 0.3) is 0 Å². The molecule has 2 N–H and O–H groups in total. The van der Waals surface area contributed by atoms with Crippen molar-refractivity contribution in [1.82, 2.24) is 5.32 Å². The van der Waals surface area contributed by atoms with E-state index in [0.717, 1.165) is 12.1 Å². The monoisotopic (exact) mass is 261 g/mol. The lowest BCUT2D eigenvalue weighted by molar-refractivity contribution is 0.246. The van der Waals surface area contributed by atoms with E-state index < -0.39 is 0 Å². The van der Waals surface area contributed by atoms with E-state index in [-0.39, 0.29) is 18.5 Å². The van der Waals surface area contributed by atoms with E-state index in [2.05, 4.69) is 21.2 Å². The van der Waals surface area contributed by atoms with Gasteiger partial charge in [0.25, 0.3) is 0 Å². The van der Waals surface area contributed by atoms with Crippen molar-refractivity contribution in [3.63, 3.8) is 0 Å². The molecule has 0 aliphatic rings. The van der Waals surface area contributed by atoms with Crippen LogP contribution in [0.3, 0.4) is 0 Å². The molecule has 0 saturated heterocycles. The van der Waals surface area contributed by atoms with Crippen molar-refractivity contribution in [2.24, 2.45) is 0 Å². The van der Waals surface area contributed by atoms with Gasteiger partial charge in [0.2, 0.25) is 0 Å². The quantitative estimate of drug-likeness (QED) is 0.872. The number of hydrogen-bond donors (Lipinski definition) is 2. The number of nitrogens with one attached hydrogen (secondary N) is 1. The van der Waals surface area contributed by atoms with E-state index in [1.807, 2.05) is 6.92 Å². The van der Waals surface area contributed by atoms with E-state index in [1.54, 1.807) is 12.1 Å². The van der Waals surface area contributed by atoms with Crippen molar-refractivity contribution < 1.29 is 9.50 Å². The van der Waals surface area contributed by atoms with Crippen molar-refractivity contribution in [3.05, 3.63) is 34.1 Å². The fraction of sp³-hybridized carbons (Fsp3) is 0.400. The van der Waals surface area contributed by atoms with Crippen LogP contribution in [0.1, 0.15) is 18.5 Å². The van der Waals surface area contributed by atoms with Crippen molar-refractivity contribution in [3.8, 4) is 0 Å². The Bertz CT molecular complexity index is 306. The molecule has 0 aromatic heterocycles. The zero-order valence-electron chi connectivity index (χ0n) is 7.93. The summed E-state index contributed by atoms with van der Waals surface area (Å²) in [5.74, 6) is -0.290. The molecule has 0 aliphatic heterocycles. The molecule has 0 heterocycles. The van der Waals surface area contributed by atoms with Gasteiger partial charge in [-0.05, 0) is 40.2 Å². The van der Waals surface area contributed by atoms with Crippen molar-refractivity contribution >= 4 is 15.9 Å². The molecular formula is C10H13BrFNO. The summed E-state index contributed by atoms with van der Waals surface area (Å²) < 4.78 is 13.3. The van der Waals surface area contributed by atoms with Gasteiger partial charge in [0, 0.05) is 0 Å². The molecule has 0 bridgehead atoms. The fourth-order valence-corrected chi connectivity index (χ4v) is 1.66. The number of rotatable bonds is 4. The first-order valence-electron chi connectivity index (χ1n) is 4.48. The molecule has 0 saturated carbocycles. The zero-order valence-corrected chi connectivity index (χ0v) is 9.51. The van der Waals surface area contributed by atoms with Crippen LogP contribution in [-0.2, 0) is 0 Å². The van der Waals surface area contributed by atoms with E-state index in [4.69, 9.17) is 5.11 Å². The lowest BCUT2D eigenvalue weighted by atomic mass is 10.1.